The van der Waals surface area contributed by atoms with Crippen LogP contribution in [0.2, 0.25) is 0 Å². The Bertz CT molecular complexity index is 658. The van der Waals surface area contributed by atoms with Gasteiger partial charge in [-0.2, -0.15) is 0 Å². The minimum Gasteiger partial charge on any atom is -0.478 e. The lowest BCUT2D eigenvalue weighted by molar-refractivity contribution is 0.0698. The van der Waals surface area contributed by atoms with E-state index in [9.17, 15) is 9.90 Å². The molecule has 1 N–H and O–H groups in total. The largest absolute Gasteiger partial charge is 0.478 e. The summed E-state index contributed by atoms with van der Waals surface area (Å²) in [5, 5.41) is 9.39. The van der Waals surface area contributed by atoms with E-state index < -0.39 is 5.97 Å². The van der Waals surface area contributed by atoms with Crippen LogP contribution in [0.4, 0.5) is 0 Å². The lowest BCUT2D eigenvalue weighted by Crippen LogP contribution is -2.25. The van der Waals surface area contributed by atoms with Gasteiger partial charge in [0, 0.05) is 6.04 Å². The molecule has 1 aromatic heterocycles. The Morgan fingerprint density at radius 3 is 2.95 bits per heavy atom. The molecule has 0 amide bonds. The summed E-state index contributed by atoms with van der Waals surface area (Å²) in [6.07, 6.45) is 6.41. The molecule has 4 heteroatoms. The summed E-state index contributed by atoms with van der Waals surface area (Å²) >= 11 is 0. The van der Waals surface area contributed by atoms with E-state index in [-0.39, 0.29) is 0 Å². The number of para-hydroxylation sites is 1. The number of benzene rings is 1. The van der Waals surface area contributed by atoms with Crippen LogP contribution in [0.15, 0.2) is 24.5 Å². The topological polar surface area (TPSA) is 55.1 Å². The first-order valence-electron chi connectivity index (χ1n) is 7.17. The van der Waals surface area contributed by atoms with E-state index in [2.05, 4.69) is 23.4 Å². The molecule has 3 rings (SSSR count). The monoisotopic (exact) mass is 272 g/mol. The standard InChI is InChI=1S/C16H20N2O2/c1-16(2)8-4-5-11(9-16)18-10-17-13-7-3-6-12(14(13)18)15(19)20/h3,6-7,10-11H,4-5,8-9H2,1-2H3,(H,19,20). The fourth-order valence-electron chi connectivity index (χ4n) is 3.43. The van der Waals surface area contributed by atoms with E-state index in [0.29, 0.717) is 17.0 Å². The highest BCUT2D eigenvalue weighted by atomic mass is 16.4. The number of nitrogens with zero attached hydrogens (tertiary/aromatic N) is 2. The minimum atomic E-state index is -0.882. The summed E-state index contributed by atoms with van der Waals surface area (Å²) in [6, 6.07) is 5.65. The quantitative estimate of drug-likeness (QED) is 0.902. The number of carboxylic acids is 1. The van der Waals surface area contributed by atoms with Gasteiger partial charge in [0.1, 0.15) is 0 Å². The lowest BCUT2D eigenvalue weighted by atomic mass is 9.75. The Morgan fingerprint density at radius 1 is 1.45 bits per heavy atom. The van der Waals surface area contributed by atoms with Crippen molar-refractivity contribution in [2.45, 2.75) is 45.6 Å². The number of fused-ring (bicyclic) bond motifs is 1. The Kier molecular flexibility index (Phi) is 3.04. The molecule has 0 bridgehead atoms. The molecule has 4 nitrogen and oxygen atoms in total. The first kappa shape index (κ1) is 13.2. The number of aromatic nitrogens is 2. The summed E-state index contributed by atoms with van der Waals surface area (Å²) in [7, 11) is 0. The number of hydrogen-bond donors (Lipinski definition) is 1. The molecule has 0 saturated heterocycles. The zero-order valence-electron chi connectivity index (χ0n) is 12.0. The van der Waals surface area contributed by atoms with Crippen LogP contribution in [0.25, 0.3) is 11.0 Å². The molecule has 1 atom stereocenters. The molecular formula is C16H20N2O2. The van der Waals surface area contributed by atoms with Gasteiger partial charge in [-0.05, 0) is 36.8 Å². The third-order valence-corrected chi connectivity index (χ3v) is 4.40. The molecule has 1 aliphatic carbocycles. The first-order valence-corrected chi connectivity index (χ1v) is 7.17. The maximum atomic E-state index is 11.4. The summed E-state index contributed by atoms with van der Waals surface area (Å²) in [5.41, 5.74) is 2.21. The van der Waals surface area contributed by atoms with Crippen molar-refractivity contribution in [1.29, 1.82) is 0 Å². The maximum Gasteiger partial charge on any atom is 0.337 e. The highest BCUT2D eigenvalue weighted by molar-refractivity contribution is 6.01. The van der Waals surface area contributed by atoms with Gasteiger partial charge in [0.25, 0.3) is 0 Å². The number of hydrogen-bond acceptors (Lipinski definition) is 2. The highest BCUT2D eigenvalue weighted by Crippen LogP contribution is 2.42. The number of imidazole rings is 1. The highest BCUT2D eigenvalue weighted by Gasteiger charge is 2.30. The molecule has 0 spiro atoms. The molecule has 1 unspecified atom stereocenters. The predicted octanol–water partition coefficient (Wildman–Crippen LogP) is 3.88. The van der Waals surface area contributed by atoms with Crippen LogP contribution in [0, 0.1) is 5.41 Å². The second-order valence-electron chi connectivity index (χ2n) is 6.54. The van der Waals surface area contributed by atoms with Gasteiger partial charge >= 0.3 is 5.97 Å². The molecule has 1 saturated carbocycles. The van der Waals surface area contributed by atoms with Crippen molar-refractivity contribution in [3.8, 4) is 0 Å². The third-order valence-electron chi connectivity index (χ3n) is 4.40. The third kappa shape index (κ3) is 2.19. The van der Waals surface area contributed by atoms with E-state index in [1.165, 1.54) is 12.8 Å². The fourth-order valence-corrected chi connectivity index (χ4v) is 3.43. The van der Waals surface area contributed by atoms with Gasteiger partial charge in [0.2, 0.25) is 0 Å². The van der Waals surface area contributed by atoms with E-state index in [1.54, 1.807) is 12.1 Å². The normalized spacial score (nSPS) is 22.0. The number of carboxylic acid groups (broad SMARTS) is 1. The van der Waals surface area contributed by atoms with E-state index in [1.807, 2.05) is 12.4 Å². The molecule has 1 aromatic carbocycles. The predicted molar refractivity (Wildman–Crippen MR) is 78.0 cm³/mol. The summed E-state index contributed by atoms with van der Waals surface area (Å²) < 4.78 is 2.08. The molecule has 1 heterocycles. The molecule has 0 aliphatic heterocycles. The molecular weight excluding hydrogens is 252 g/mol. The van der Waals surface area contributed by atoms with Crippen molar-refractivity contribution in [3.05, 3.63) is 30.1 Å². The molecule has 1 fully saturated rings. The number of carbonyl (C=O) groups is 1. The second kappa shape index (κ2) is 4.62. The van der Waals surface area contributed by atoms with Crippen molar-refractivity contribution < 1.29 is 9.90 Å². The average molecular weight is 272 g/mol. The lowest BCUT2D eigenvalue weighted by Gasteiger charge is -2.36. The van der Waals surface area contributed by atoms with Crippen molar-refractivity contribution in [1.82, 2.24) is 9.55 Å². The van der Waals surface area contributed by atoms with Crippen LogP contribution >= 0.6 is 0 Å². The summed E-state index contributed by atoms with van der Waals surface area (Å²) in [6.45, 7) is 4.58. The van der Waals surface area contributed by atoms with Crippen LogP contribution in [-0.4, -0.2) is 20.6 Å². The number of rotatable bonds is 2. The van der Waals surface area contributed by atoms with Gasteiger partial charge in [-0.25, -0.2) is 9.78 Å². The Hall–Kier alpha value is -1.84. The first-order chi connectivity index (χ1) is 9.48. The maximum absolute atomic E-state index is 11.4. The van der Waals surface area contributed by atoms with Crippen molar-refractivity contribution in [2.24, 2.45) is 5.41 Å². The van der Waals surface area contributed by atoms with Crippen LogP contribution in [0.3, 0.4) is 0 Å². The van der Waals surface area contributed by atoms with Gasteiger partial charge in [-0.15, -0.1) is 0 Å². The Morgan fingerprint density at radius 2 is 2.25 bits per heavy atom. The van der Waals surface area contributed by atoms with Gasteiger partial charge in [0.15, 0.2) is 0 Å². The van der Waals surface area contributed by atoms with Gasteiger partial charge < -0.3 is 9.67 Å². The summed E-state index contributed by atoms with van der Waals surface area (Å²) in [5.74, 6) is -0.882. The summed E-state index contributed by atoms with van der Waals surface area (Å²) in [4.78, 5) is 15.8. The van der Waals surface area contributed by atoms with Crippen molar-refractivity contribution >= 4 is 17.0 Å². The Balaban J connectivity index is 2.10. The second-order valence-corrected chi connectivity index (χ2v) is 6.54. The SMILES string of the molecule is CC1(C)CCCC(n2cnc3cccc(C(=O)O)c32)C1. The molecule has 2 aromatic rings. The molecule has 1 aliphatic rings. The van der Waals surface area contributed by atoms with E-state index in [4.69, 9.17) is 0 Å². The zero-order chi connectivity index (χ0) is 14.3. The van der Waals surface area contributed by atoms with Crippen LogP contribution in [0.5, 0.6) is 0 Å². The van der Waals surface area contributed by atoms with Crippen LogP contribution in [-0.2, 0) is 0 Å². The molecule has 106 valence electrons. The Labute approximate surface area is 118 Å². The van der Waals surface area contributed by atoms with Crippen molar-refractivity contribution in [2.75, 3.05) is 0 Å². The minimum absolute atomic E-state index is 0.317. The van der Waals surface area contributed by atoms with Gasteiger partial charge in [-0.1, -0.05) is 26.3 Å². The number of aromatic carboxylic acids is 1. The van der Waals surface area contributed by atoms with Crippen molar-refractivity contribution in [3.63, 3.8) is 0 Å². The molecule has 20 heavy (non-hydrogen) atoms. The van der Waals surface area contributed by atoms with E-state index in [0.717, 1.165) is 23.9 Å². The smallest absolute Gasteiger partial charge is 0.337 e. The van der Waals surface area contributed by atoms with Gasteiger partial charge in [0.05, 0.1) is 22.9 Å². The van der Waals surface area contributed by atoms with Crippen LogP contribution in [0.1, 0.15) is 55.9 Å². The van der Waals surface area contributed by atoms with Gasteiger partial charge in [-0.3, -0.25) is 0 Å². The molecule has 0 radical (unpaired) electrons. The fraction of sp³-hybridized carbons (Fsp3) is 0.500. The van der Waals surface area contributed by atoms with Crippen LogP contribution < -0.4 is 0 Å². The van der Waals surface area contributed by atoms with E-state index >= 15 is 0 Å². The zero-order valence-corrected chi connectivity index (χ0v) is 12.0. The average Bonchev–Trinajstić information content (AvgIpc) is 2.80.